The number of amides is 1. The van der Waals surface area contributed by atoms with E-state index in [1.54, 1.807) is 0 Å². The Balaban J connectivity index is 2.15. The quantitative estimate of drug-likeness (QED) is 0.873. The molecule has 1 aromatic carbocycles. The van der Waals surface area contributed by atoms with Gasteiger partial charge in [-0.1, -0.05) is 39.8 Å². The van der Waals surface area contributed by atoms with Gasteiger partial charge in [0.25, 0.3) is 0 Å². The molecule has 1 atom stereocenters. The lowest BCUT2D eigenvalue weighted by Crippen LogP contribution is -2.34. The molecule has 2 rings (SSSR count). The number of hydrogen-bond acceptors (Lipinski definition) is 2. The van der Waals surface area contributed by atoms with Gasteiger partial charge in [-0.2, -0.15) is 0 Å². The Morgan fingerprint density at radius 3 is 2.55 bits per heavy atom. The third kappa shape index (κ3) is 3.52. The van der Waals surface area contributed by atoms with E-state index < -0.39 is 0 Å². The summed E-state index contributed by atoms with van der Waals surface area (Å²) in [5.74, 6) is 0.927. The van der Waals surface area contributed by atoms with E-state index in [0.717, 1.165) is 37.9 Å². The van der Waals surface area contributed by atoms with Crippen molar-refractivity contribution >= 4 is 11.6 Å². The SMILES string of the molecule is CCC(CC)C(=O)N1CCc2cc(CC(N)C(C)C)ccc21. The minimum atomic E-state index is 0.153. The van der Waals surface area contributed by atoms with Crippen molar-refractivity contribution in [1.29, 1.82) is 0 Å². The molecule has 122 valence electrons. The molecule has 0 bridgehead atoms. The van der Waals surface area contributed by atoms with Gasteiger partial charge in [0.05, 0.1) is 0 Å². The van der Waals surface area contributed by atoms with Crippen LogP contribution < -0.4 is 10.6 Å². The van der Waals surface area contributed by atoms with Crippen molar-refractivity contribution in [3.8, 4) is 0 Å². The van der Waals surface area contributed by atoms with Crippen molar-refractivity contribution in [3.05, 3.63) is 29.3 Å². The maximum atomic E-state index is 12.6. The average Bonchev–Trinajstić information content (AvgIpc) is 2.91. The Bertz CT molecular complexity index is 520. The van der Waals surface area contributed by atoms with Crippen molar-refractivity contribution in [2.24, 2.45) is 17.6 Å². The van der Waals surface area contributed by atoms with Gasteiger partial charge in [-0.05, 0) is 48.8 Å². The van der Waals surface area contributed by atoms with Crippen LogP contribution in [-0.4, -0.2) is 18.5 Å². The topological polar surface area (TPSA) is 46.3 Å². The lowest BCUT2D eigenvalue weighted by Gasteiger charge is -2.23. The molecule has 0 aromatic heterocycles. The van der Waals surface area contributed by atoms with Gasteiger partial charge in [0.2, 0.25) is 5.91 Å². The fourth-order valence-corrected chi connectivity index (χ4v) is 3.18. The molecule has 0 aliphatic carbocycles. The fraction of sp³-hybridized carbons (Fsp3) is 0.632. The van der Waals surface area contributed by atoms with Crippen molar-refractivity contribution in [2.75, 3.05) is 11.4 Å². The normalized spacial score (nSPS) is 15.5. The zero-order valence-corrected chi connectivity index (χ0v) is 14.4. The number of benzene rings is 1. The van der Waals surface area contributed by atoms with Gasteiger partial charge < -0.3 is 10.6 Å². The summed E-state index contributed by atoms with van der Waals surface area (Å²) in [5.41, 5.74) is 9.88. The molecule has 0 saturated carbocycles. The Labute approximate surface area is 134 Å². The first-order valence-electron chi connectivity index (χ1n) is 8.66. The van der Waals surface area contributed by atoms with E-state index >= 15 is 0 Å². The van der Waals surface area contributed by atoms with E-state index in [1.807, 2.05) is 4.90 Å². The first kappa shape index (κ1) is 17.0. The van der Waals surface area contributed by atoms with E-state index in [2.05, 4.69) is 45.9 Å². The van der Waals surface area contributed by atoms with Crippen LogP contribution in [0.1, 0.15) is 51.7 Å². The molecular weight excluding hydrogens is 272 g/mol. The fourth-order valence-electron chi connectivity index (χ4n) is 3.18. The van der Waals surface area contributed by atoms with Crippen LogP contribution in [0.3, 0.4) is 0 Å². The standard InChI is InChI=1S/C19H30N2O/c1-5-15(6-2)19(22)21-10-9-16-11-14(7-8-18(16)21)12-17(20)13(3)4/h7-8,11,13,15,17H,5-6,9-10,12,20H2,1-4H3. The van der Waals surface area contributed by atoms with Gasteiger partial charge in [-0.3, -0.25) is 4.79 Å². The number of hydrogen-bond donors (Lipinski definition) is 1. The highest BCUT2D eigenvalue weighted by Crippen LogP contribution is 2.31. The van der Waals surface area contributed by atoms with E-state index in [1.165, 1.54) is 11.1 Å². The van der Waals surface area contributed by atoms with Crippen molar-refractivity contribution < 1.29 is 4.79 Å². The molecule has 1 aromatic rings. The molecule has 0 spiro atoms. The number of carbonyl (C=O) groups is 1. The van der Waals surface area contributed by atoms with Gasteiger partial charge in [-0.25, -0.2) is 0 Å². The van der Waals surface area contributed by atoms with Gasteiger partial charge in [0, 0.05) is 24.2 Å². The van der Waals surface area contributed by atoms with Crippen LogP contribution in [0, 0.1) is 11.8 Å². The summed E-state index contributed by atoms with van der Waals surface area (Å²) in [4.78, 5) is 14.6. The second-order valence-electron chi connectivity index (χ2n) is 6.83. The number of carbonyl (C=O) groups excluding carboxylic acids is 1. The maximum absolute atomic E-state index is 12.6. The molecule has 0 saturated heterocycles. The largest absolute Gasteiger partial charge is 0.327 e. The molecule has 1 heterocycles. The van der Waals surface area contributed by atoms with E-state index in [-0.39, 0.29) is 17.9 Å². The van der Waals surface area contributed by atoms with Crippen LogP contribution in [-0.2, 0) is 17.6 Å². The van der Waals surface area contributed by atoms with Gasteiger partial charge in [0.1, 0.15) is 0 Å². The first-order valence-corrected chi connectivity index (χ1v) is 8.66. The van der Waals surface area contributed by atoms with E-state index in [0.29, 0.717) is 5.92 Å². The van der Waals surface area contributed by atoms with Crippen LogP contribution in [0.2, 0.25) is 0 Å². The first-order chi connectivity index (χ1) is 10.5. The molecule has 1 unspecified atom stereocenters. The van der Waals surface area contributed by atoms with Crippen LogP contribution in [0.5, 0.6) is 0 Å². The Morgan fingerprint density at radius 1 is 1.27 bits per heavy atom. The molecular formula is C19H30N2O. The van der Waals surface area contributed by atoms with Crippen LogP contribution in [0.15, 0.2) is 18.2 Å². The Morgan fingerprint density at radius 2 is 1.95 bits per heavy atom. The van der Waals surface area contributed by atoms with Crippen molar-refractivity contribution in [3.63, 3.8) is 0 Å². The predicted molar refractivity (Wildman–Crippen MR) is 93.1 cm³/mol. The van der Waals surface area contributed by atoms with E-state index in [9.17, 15) is 4.79 Å². The highest BCUT2D eigenvalue weighted by Gasteiger charge is 2.28. The van der Waals surface area contributed by atoms with Crippen LogP contribution >= 0.6 is 0 Å². The van der Waals surface area contributed by atoms with Crippen molar-refractivity contribution in [2.45, 2.75) is 59.4 Å². The molecule has 3 heteroatoms. The summed E-state index contributed by atoms with van der Waals surface area (Å²) in [6.07, 6.45) is 3.71. The molecule has 0 radical (unpaired) electrons. The summed E-state index contributed by atoms with van der Waals surface area (Å²) >= 11 is 0. The minimum absolute atomic E-state index is 0.153. The van der Waals surface area contributed by atoms with Crippen LogP contribution in [0.4, 0.5) is 5.69 Å². The highest BCUT2D eigenvalue weighted by molar-refractivity contribution is 5.97. The summed E-state index contributed by atoms with van der Waals surface area (Å²) in [6, 6.07) is 6.70. The summed E-state index contributed by atoms with van der Waals surface area (Å²) in [6.45, 7) is 9.34. The molecule has 3 nitrogen and oxygen atoms in total. The summed E-state index contributed by atoms with van der Waals surface area (Å²) in [7, 11) is 0. The lowest BCUT2D eigenvalue weighted by molar-refractivity contribution is -0.122. The second kappa shape index (κ2) is 7.28. The maximum Gasteiger partial charge on any atom is 0.230 e. The number of nitrogens with zero attached hydrogens (tertiary/aromatic N) is 1. The number of rotatable bonds is 6. The van der Waals surface area contributed by atoms with Crippen LogP contribution in [0.25, 0.3) is 0 Å². The average molecular weight is 302 g/mol. The third-order valence-corrected chi connectivity index (χ3v) is 4.97. The summed E-state index contributed by atoms with van der Waals surface area (Å²) < 4.78 is 0. The molecule has 1 amide bonds. The minimum Gasteiger partial charge on any atom is -0.327 e. The molecule has 0 fully saturated rings. The monoisotopic (exact) mass is 302 g/mol. The second-order valence-corrected chi connectivity index (χ2v) is 6.83. The third-order valence-electron chi connectivity index (χ3n) is 4.97. The zero-order chi connectivity index (χ0) is 16.3. The lowest BCUT2D eigenvalue weighted by atomic mass is 9.96. The molecule has 1 aliphatic heterocycles. The summed E-state index contributed by atoms with van der Waals surface area (Å²) in [5, 5.41) is 0. The van der Waals surface area contributed by atoms with Gasteiger partial charge >= 0.3 is 0 Å². The molecule has 22 heavy (non-hydrogen) atoms. The molecule has 1 aliphatic rings. The number of fused-ring (bicyclic) bond motifs is 1. The van der Waals surface area contributed by atoms with E-state index in [4.69, 9.17) is 5.73 Å². The molecule has 2 N–H and O–H groups in total. The Hall–Kier alpha value is -1.35. The zero-order valence-electron chi connectivity index (χ0n) is 14.4. The van der Waals surface area contributed by atoms with Gasteiger partial charge in [0.15, 0.2) is 0 Å². The number of anilines is 1. The van der Waals surface area contributed by atoms with Gasteiger partial charge in [-0.15, -0.1) is 0 Å². The smallest absolute Gasteiger partial charge is 0.230 e. The van der Waals surface area contributed by atoms with Crippen molar-refractivity contribution in [1.82, 2.24) is 0 Å². The number of nitrogens with two attached hydrogens (primary N) is 1. The highest BCUT2D eigenvalue weighted by atomic mass is 16.2. The predicted octanol–water partition coefficient (Wildman–Crippen LogP) is 3.54. The Kier molecular flexibility index (Phi) is 5.63.